The van der Waals surface area contributed by atoms with Gasteiger partial charge in [0.25, 0.3) is 0 Å². The lowest BCUT2D eigenvalue weighted by atomic mass is 10.3. The van der Waals surface area contributed by atoms with E-state index >= 15 is 0 Å². The molecule has 0 aliphatic heterocycles. The van der Waals surface area contributed by atoms with Gasteiger partial charge in [-0.1, -0.05) is 6.92 Å². The van der Waals surface area contributed by atoms with Crippen molar-refractivity contribution in [2.45, 2.75) is 39.2 Å². The number of nitrogens with zero attached hydrogens (tertiary/aromatic N) is 1. The van der Waals surface area contributed by atoms with Gasteiger partial charge >= 0.3 is 6.03 Å². The number of aliphatic hydroxyl groups excluding tert-OH is 1. The Hall–Kier alpha value is -1.14. The Balaban J connectivity index is 2.11. The number of aryl methyl sites for hydroxylation is 1. The highest BCUT2D eigenvalue weighted by atomic mass is 32.1. The Kier molecular flexibility index (Phi) is 6.67. The molecular weight excluding hydrogens is 250 g/mol. The average Bonchev–Trinajstić information content (AvgIpc) is 2.76. The number of amides is 2. The van der Waals surface area contributed by atoms with Crippen molar-refractivity contribution < 1.29 is 9.90 Å². The number of hydrogen-bond donors (Lipinski definition) is 3. The Morgan fingerprint density at radius 1 is 1.50 bits per heavy atom. The minimum absolute atomic E-state index is 0.192. The van der Waals surface area contributed by atoms with Gasteiger partial charge in [-0.25, -0.2) is 9.78 Å². The maximum atomic E-state index is 11.4. The number of urea groups is 1. The van der Waals surface area contributed by atoms with Crippen LogP contribution in [-0.4, -0.2) is 35.3 Å². The third kappa shape index (κ3) is 5.97. The van der Waals surface area contributed by atoms with E-state index in [0.717, 1.165) is 17.8 Å². The number of rotatable bonds is 7. The van der Waals surface area contributed by atoms with Crippen molar-refractivity contribution in [2.75, 3.05) is 13.1 Å². The van der Waals surface area contributed by atoms with E-state index in [1.54, 1.807) is 18.3 Å². The number of nitrogens with one attached hydrogen (secondary N) is 2. The van der Waals surface area contributed by atoms with Crippen molar-refractivity contribution in [1.29, 1.82) is 0 Å². The zero-order chi connectivity index (χ0) is 13.4. The molecule has 0 radical (unpaired) electrons. The third-order valence-electron chi connectivity index (χ3n) is 2.42. The van der Waals surface area contributed by atoms with E-state index in [0.29, 0.717) is 19.5 Å². The van der Waals surface area contributed by atoms with E-state index < -0.39 is 0 Å². The second kappa shape index (κ2) is 8.05. The van der Waals surface area contributed by atoms with E-state index in [-0.39, 0.29) is 12.1 Å². The molecule has 0 saturated carbocycles. The lowest BCUT2D eigenvalue weighted by Crippen LogP contribution is -2.37. The highest BCUT2D eigenvalue weighted by Crippen LogP contribution is 2.13. The minimum atomic E-state index is -0.381. The van der Waals surface area contributed by atoms with Crippen molar-refractivity contribution >= 4 is 17.4 Å². The number of aliphatic hydroxyl groups is 1. The van der Waals surface area contributed by atoms with Crippen LogP contribution in [0.1, 0.15) is 30.2 Å². The maximum absolute atomic E-state index is 11.4. The Morgan fingerprint density at radius 3 is 2.83 bits per heavy atom. The van der Waals surface area contributed by atoms with Crippen LogP contribution in [0, 0.1) is 0 Å². The van der Waals surface area contributed by atoms with Crippen molar-refractivity contribution in [3.05, 3.63) is 16.1 Å². The van der Waals surface area contributed by atoms with E-state index in [4.69, 9.17) is 5.11 Å². The van der Waals surface area contributed by atoms with E-state index in [9.17, 15) is 4.79 Å². The molecule has 0 spiro atoms. The molecule has 0 saturated heterocycles. The SMILES string of the molecule is CCc1cnc(CCNC(=O)NCCC(C)O)s1. The molecule has 0 aromatic carbocycles. The molecule has 1 heterocycles. The molecule has 0 fully saturated rings. The minimum Gasteiger partial charge on any atom is -0.393 e. The van der Waals surface area contributed by atoms with E-state index in [1.165, 1.54) is 4.88 Å². The summed E-state index contributed by atoms with van der Waals surface area (Å²) in [6, 6.07) is -0.192. The fraction of sp³-hybridized carbons (Fsp3) is 0.667. The van der Waals surface area contributed by atoms with Crippen molar-refractivity contribution in [3.63, 3.8) is 0 Å². The second-order valence-electron chi connectivity index (χ2n) is 4.14. The first-order chi connectivity index (χ1) is 8.61. The first kappa shape index (κ1) is 14.9. The van der Waals surface area contributed by atoms with Crippen LogP contribution in [0.5, 0.6) is 0 Å². The summed E-state index contributed by atoms with van der Waals surface area (Å²) in [7, 11) is 0. The molecule has 6 heteroatoms. The molecule has 1 aromatic heterocycles. The molecule has 1 atom stereocenters. The largest absolute Gasteiger partial charge is 0.393 e. The summed E-state index contributed by atoms with van der Waals surface area (Å²) in [5, 5.41) is 15.5. The zero-order valence-electron chi connectivity index (χ0n) is 10.9. The Bertz CT molecular complexity index is 366. The number of carbonyl (C=O) groups is 1. The summed E-state index contributed by atoms with van der Waals surface area (Å²) in [6.45, 7) is 4.87. The number of aromatic nitrogens is 1. The van der Waals surface area contributed by atoms with Crippen LogP contribution >= 0.6 is 11.3 Å². The monoisotopic (exact) mass is 271 g/mol. The van der Waals surface area contributed by atoms with E-state index in [2.05, 4.69) is 22.5 Å². The third-order valence-corrected chi connectivity index (χ3v) is 3.62. The first-order valence-corrected chi connectivity index (χ1v) is 7.06. The van der Waals surface area contributed by atoms with Crippen molar-refractivity contribution in [2.24, 2.45) is 0 Å². The quantitative estimate of drug-likeness (QED) is 0.700. The molecule has 5 nitrogen and oxygen atoms in total. The lowest BCUT2D eigenvalue weighted by molar-refractivity contribution is 0.183. The van der Waals surface area contributed by atoms with Gasteiger partial charge < -0.3 is 15.7 Å². The fourth-order valence-corrected chi connectivity index (χ4v) is 2.23. The smallest absolute Gasteiger partial charge is 0.314 e. The normalized spacial score (nSPS) is 12.2. The number of hydrogen-bond acceptors (Lipinski definition) is 4. The number of carbonyl (C=O) groups excluding carboxylic acids is 1. The predicted molar refractivity (Wildman–Crippen MR) is 72.9 cm³/mol. The number of thiazole rings is 1. The molecule has 3 N–H and O–H groups in total. The Labute approximate surface area is 112 Å². The highest BCUT2D eigenvalue weighted by molar-refractivity contribution is 7.11. The summed E-state index contributed by atoms with van der Waals surface area (Å²) < 4.78 is 0. The average molecular weight is 271 g/mol. The summed E-state index contributed by atoms with van der Waals surface area (Å²) >= 11 is 1.69. The van der Waals surface area contributed by atoms with Gasteiger partial charge in [0.2, 0.25) is 0 Å². The lowest BCUT2D eigenvalue weighted by Gasteiger charge is -2.07. The van der Waals surface area contributed by atoms with Crippen LogP contribution in [0.4, 0.5) is 4.79 Å². The first-order valence-electron chi connectivity index (χ1n) is 6.25. The molecule has 1 unspecified atom stereocenters. The van der Waals surface area contributed by atoms with Crippen LogP contribution in [0.25, 0.3) is 0 Å². The van der Waals surface area contributed by atoms with Crippen LogP contribution < -0.4 is 10.6 Å². The maximum Gasteiger partial charge on any atom is 0.314 e. The fourth-order valence-electron chi connectivity index (χ4n) is 1.37. The standard InChI is InChI=1S/C12H21N3O2S/c1-3-10-8-15-11(18-10)5-7-14-12(17)13-6-4-9(2)16/h8-9,16H,3-7H2,1-2H3,(H2,13,14,17). The van der Waals surface area contributed by atoms with Gasteiger partial charge in [-0.2, -0.15) is 0 Å². The van der Waals surface area contributed by atoms with Crippen LogP contribution in [0.15, 0.2) is 6.20 Å². The molecule has 102 valence electrons. The van der Waals surface area contributed by atoms with Crippen molar-refractivity contribution in [3.8, 4) is 0 Å². The van der Waals surface area contributed by atoms with Crippen LogP contribution in [-0.2, 0) is 12.8 Å². The van der Waals surface area contributed by atoms with E-state index in [1.807, 2.05) is 6.20 Å². The zero-order valence-corrected chi connectivity index (χ0v) is 11.7. The predicted octanol–water partition coefficient (Wildman–Crippen LogP) is 1.32. The van der Waals surface area contributed by atoms with Gasteiger partial charge in [-0.3, -0.25) is 0 Å². The van der Waals surface area contributed by atoms with Gasteiger partial charge in [0.15, 0.2) is 0 Å². The molecule has 18 heavy (non-hydrogen) atoms. The molecular formula is C12H21N3O2S. The summed E-state index contributed by atoms with van der Waals surface area (Å²) in [4.78, 5) is 16.9. The molecule has 0 aliphatic carbocycles. The highest BCUT2D eigenvalue weighted by Gasteiger charge is 2.03. The van der Waals surface area contributed by atoms with Gasteiger partial charge in [-0.15, -0.1) is 11.3 Å². The van der Waals surface area contributed by atoms with Gasteiger partial charge in [0, 0.05) is 30.6 Å². The molecule has 0 aliphatic rings. The molecule has 2 amide bonds. The Morgan fingerprint density at radius 2 is 2.22 bits per heavy atom. The second-order valence-corrected chi connectivity index (χ2v) is 5.34. The summed E-state index contributed by atoms with van der Waals surface area (Å²) in [5.74, 6) is 0. The molecule has 1 aromatic rings. The van der Waals surface area contributed by atoms with Crippen molar-refractivity contribution in [1.82, 2.24) is 15.6 Å². The van der Waals surface area contributed by atoms with Gasteiger partial charge in [0.1, 0.15) is 0 Å². The topological polar surface area (TPSA) is 74.2 Å². The molecule has 1 rings (SSSR count). The van der Waals surface area contributed by atoms with Crippen LogP contribution in [0.3, 0.4) is 0 Å². The molecule has 0 bridgehead atoms. The van der Waals surface area contributed by atoms with Gasteiger partial charge in [0.05, 0.1) is 11.1 Å². The summed E-state index contributed by atoms with van der Waals surface area (Å²) in [5.41, 5.74) is 0. The van der Waals surface area contributed by atoms with Gasteiger partial charge in [-0.05, 0) is 19.8 Å². The summed E-state index contributed by atoms with van der Waals surface area (Å²) in [6.07, 6.45) is 3.84. The van der Waals surface area contributed by atoms with Crippen LogP contribution in [0.2, 0.25) is 0 Å².